The minimum absolute atomic E-state index is 0.00369. The molecule has 1 aliphatic rings. The molecule has 1 fully saturated rings. The molecule has 1 saturated heterocycles. The molecule has 0 unspecified atom stereocenters. The Morgan fingerprint density at radius 3 is 2.73 bits per heavy atom. The molecule has 2 aromatic carbocycles. The maximum Gasteiger partial charge on any atom is 0.177 e. The lowest BCUT2D eigenvalue weighted by atomic mass is 10.0. The van der Waals surface area contributed by atoms with E-state index in [-0.39, 0.29) is 18.4 Å². The van der Waals surface area contributed by atoms with E-state index < -0.39 is 0 Å². The summed E-state index contributed by atoms with van der Waals surface area (Å²) in [4.78, 5) is 0. The molecule has 1 aliphatic heterocycles. The zero-order valence-electron chi connectivity index (χ0n) is 13.2. The number of nitrogens with one attached hydrogen (secondary N) is 1. The minimum Gasteiger partial charge on any atom is -0.349 e. The molecule has 1 N–H and O–H groups in total. The Morgan fingerprint density at radius 1 is 1.14 bits per heavy atom. The third kappa shape index (κ3) is 3.55. The standard InChI is InChI=1S/C19H23NO2/c1-14-7-6-10-17(13-14)15(2)22-19-18(20-11-12-21-19)16-8-4-3-5-9-16/h3-10,13,15,18-20H,11-12H2,1-2H3/t15-,18+,19-/m1/s1. The number of hydrogen-bond acceptors (Lipinski definition) is 3. The molecular weight excluding hydrogens is 274 g/mol. The molecule has 116 valence electrons. The van der Waals surface area contributed by atoms with Crippen molar-refractivity contribution in [3.63, 3.8) is 0 Å². The van der Waals surface area contributed by atoms with E-state index in [9.17, 15) is 0 Å². The lowest BCUT2D eigenvalue weighted by molar-refractivity contribution is -0.200. The number of rotatable bonds is 4. The zero-order valence-corrected chi connectivity index (χ0v) is 13.2. The molecular formula is C19H23NO2. The van der Waals surface area contributed by atoms with Crippen molar-refractivity contribution in [3.05, 3.63) is 71.3 Å². The summed E-state index contributed by atoms with van der Waals surface area (Å²) in [6, 6.07) is 18.9. The van der Waals surface area contributed by atoms with Crippen molar-refractivity contribution in [3.8, 4) is 0 Å². The Morgan fingerprint density at radius 2 is 1.95 bits per heavy atom. The summed E-state index contributed by atoms with van der Waals surface area (Å²) >= 11 is 0. The van der Waals surface area contributed by atoms with Crippen molar-refractivity contribution >= 4 is 0 Å². The summed E-state index contributed by atoms with van der Waals surface area (Å²) < 4.78 is 12.1. The van der Waals surface area contributed by atoms with Crippen molar-refractivity contribution in [1.29, 1.82) is 0 Å². The van der Waals surface area contributed by atoms with Crippen molar-refractivity contribution in [1.82, 2.24) is 5.32 Å². The van der Waals surface area contributed by atoms with Gasteiger partial charge in [0.2, 0.25) is 0 Å². The van der Waals surface area contributed by atoms with Gasteiger partial charge in [0.15, 0.2) is 6.29 Å². The van der Waals surface area contributed by atoms with Gasteiger partial charge in [-0.2, -0.15) is 0 Å². The highest BCUT2D eigenvalue weighted by Gasteiger charge is 2.29. The van der Waals surface area contributed by atoms with Crippen LogP contribution in [0.1, 0.15) is 35.8 Å². The van der Waals surface area contributed by atoms with Crippen molar-refractivity contribution in [2.24, 2.45) is 0 Å². The van der Waals surface area contributed by atoms with Crippen LogP contribution in [0, 0.1) is 6.92 Å². The van der Waals surface area contributed by atoms with Crippen LogP contribution in [-0.4, -0.2) is 19.4 Å². The topological polar surface area (TPSA) is 30.5 Å². The predicted octanol–water partition coefficient (Wildman–Crippen LogP) is 3.76. The van der Waals surface area contributed by atoms with Gasteiger partial charge in [-0.25, -0.2) is 0 Å². The van der Waals surface area contributed by atoms with Gasteiger partial charge in [0, 0.05) is 6.54 Å². The minimum atomic E-state index is -0.272. The van der Waals surface area contributed by atoms with Crippen LogP contribution in [0.3, 0.4) is 0 Å². The SMILES string of the molecule is Cc1cccc([C@@H](C)O[C@H]2OCCN[C@H]2c2ccccc2)c1. The third-order valence-electron chi connectivity index (χ3n) is 4.03. The van der Waals surface area contributed by atoms with E-state index in [0.29, 0.717) is 6.61 Å². The Balaban J connectivity index is 1.74. The summed E-state index contributed by atoms with van der Waals surface area (Å²) in [7, 11) is 0. The first-order chi connectivity index (χ1) is 10.7. The molecule has 0 bridgehead atoms. The summed E-state index contributed by atoms with van der Waals surface area (Å²) in [5.41, 5.74) is 3.62. The van der Waals surface area contributed by atoms with E-state index in [2.05, 4.69) is 55.6 Å². The van der Waals surface area contributed by atoms with Crippen LogP contribution < -0.4 is 5.32 Å². The maximum absolute atomic E-state index is 6.21. The summed E-state index contributed by atoms with van der Waals surface area (Å²) in [5.74, 6) is 0. The molecule has 22 heavy (non-hydrogen) atoms. The van der Waals surface area contributed by atoms with Gasteiger partial charge in [-0.15, -0.1) is 0 Å². The first-order valence-corrected chi connectivity index (χ1v) is 7.86. The lowest BCUT2D eigenvalue weighted by Crippen LogP contribution is -2.43. The summed E-state index contributed by atoms with van der Waals surface area (Å²) in [6.45, 7) is 5.70. The van der Waals surface area contributed by atoms with Crippen LogP contribution >= 0.6 is 0 Å². The molecule has 2 aromatic rings. The summed E-state index contributed by atoms with van der Waals surface area (Å²) in [6.07, 6.45) is -0.275. The molecule has 3 heteroatoms. The number of hydrogen-bond donors (Lipinski definition) is 1. The quantitative estimate of drug-likeness (QED) is 0.932. The smallest absolute Gasteiger partial charge is 0.177 e. The molecule has 0 saturated carbocycles. The van der Waals surface area contributed by atoms with Gasteiger partial charge in [0.25, 0.3) is 0 Å². The van der Waals surface area contributed by atoms with Crippen LogP contribution in [0.25, 0.3) is 0 Å². The van der Waals surface area contributed by atoms with E-state index in [1.165, 1.54) is 16.7 Å². The molecule has 3 atom stereocenters. The van der Waals surface area contributed by atoms with Gasteiger partial charge < -0.3 is 14.8 Å². The van der Waals surface area contributed by atoms with Crippen molar-refractivity contribution in [2.45, 2.75) is 32.3 Å². The molecule has 1 heterocycles. The first-order valence-electron chi connectivity index (χ1n) is 7.86. The van der Waals surface area contributed by atoms with Gasteiger partial charge in [-0.1, -0.05) is 60.2 Å². The van der Waals surface area contributed by atoms with Gasteiger partial charge in [-0.3, -0.25) is 0 Å². The van der Waals surface area contributed by atoms with Crippen molar-refractivity contribution < 1.29 is 9.47 Å². The Hall–Kier alpha value is -1.68. The normalized spacial score (nSPS) is 23.2. The molecule has 3 rings (SSSR count). The number of aryl methyl sites for hydroxylation is 1. The molecule has 0 aliphatic carbocycles. The molecule has 3 nitrogen and oxygen atoms in total. The largest absolute Gasteiger partial charge is 0.349 e. The fraction of sp³-hybridized carbons (Fsp3) is 0.368. The highest BCUT2D eigenvalue weighted by atomic mass is 16.7. The number of morpholine rings is 1. The molecule has 0 radical (unpaired) electrons. The number of benzene rings is 2. The van der Waals surface area contributed by atoms with Crippen LogP contribution in [0.2, 0.25) is 0 Å². The second-order valence-corrected chi connectivity index (χ2v) is 5.77. The van der Waals surface area contributed by atoms with E-state index in [1.807, 2.05) is 18.2 Å². The average molecular weight is 297 g/mol. The lowest BCUT2D eigenvalue weighted by Gasteiger charge is -2.34. The van der Waals surface area contributed by atoms with Crippen LogP contribution in [0.5, 0.6) is 0 Å². The first kappa shape index (κ1) is 15.2. The zero-order chi connectivity index (χ0) is 15.4. The average Bonchev–Trinajstić information content (AvgIpc) is 2.56. The van der Waals surface area contributed by atoms with E-state index >= 15 is 0 Å². The summed E-state index contributed by atoms with van der Waals surface area (Å²) in [5, 5.41) is 3.50. The van der Waals surface area contributed by atoms with Gasteiger partial charge >= 0.3 is 0 Å². The van der Waals surface area contributed by atoms with Crippen LogP contribution in [-0.2, 0) is 9.47 Å². The third-order valence-corrected chi connectivity index (χ3v) is 4.03. The second kappa shape index (κ2) is 7.05. The monoisotopic (exact) mass is 297 g/mol. The van der Waals surface area contributed by atoms with Gasteiger partial charge in [0.05, 0.1) is 18.8 Å². The predicted molar refractivity (Wildman–Crippen MR) is 87.6 cm³/mol. The van der Waals surface area contributed by atoms with Crippen LogP contribution in [0.15, 0.2) is 54.6 Å². The Labute approximate surface area is 132 Å². The van der Waals surface area contributed by atoms with E-state index in [0.717, 1.165) is 6.54 Å². The maximum atomic E-state index is 6.21. The highest BCUT2D eigenvalue weighted by Crippen LogP contribution is 2.28. The van der Waals surface area contributed by atoms with E-state index in [4.69, 9.17) is 9.47 Å². The molecule has 0 amide bonds. The fourth-order valence-corrected chi connectivity index (χ4v) is 2.84. The second-order valence-electron chi connectivity index (χ2n) is 5.77. The number of ether oxygens (including phenoxy) is 2. The fourth-order valence-electron chi connectivity index (χ4n) is 2.84. The molecule has 0 aromatic heterocycles. The van der Waals surface area contributed by atoms with Crippen LogP contribution in [0.4, 0.5) is 0 Å². The van der Waals surface area contributed by atoms with Gasteiger partial charge in [0.1, 0.15) is 0 Å². The van der Waals surface area contributed by atoms with E-state index in [1.54, 1.807) is 0 Å². The van der Waals surface area contributed by atoms with Gasteiger partial charge in [-0.05, 0) is 25.0 Å². The Bertz CT molecular complexity index is 599. The van der Waals surface area contributed by atoms with Crippen molar-refractivity contribution in [2.75, 3.05) is 13.2 Å². The Kier molecular flexibility index (Phi) is 4.88. The molecule has 0 spiro atoms. The highest BCUT2D eigenvalue weighted by molar-refractivity contribution is 5.24.